The molecule has 1 saturated heterocycles. The maximum absolute atomic E-state index is 4.36. The van der Waals surface area contributed by atoms with E-state index in [1.54, 1.807) is 0 Å². The lowest BCUT2D eigenvalue weighted by Gasteiger charge is -2.43. The van der Waals surface area contributed by atoms with Crippen molar-refractivity contribution in [2.75, 3.05) is 13.1 Å². The number of hydrogen-bond donors (Lipinski definition) is 1. The summed E-state index contributed by atoms with van der Waals surface area (Å²) in [4.78, 5) is 5.74. The van der Waals surface area contributed by atoms with Crippen LogP contribution in [0.5, 0.6) is 0 Å². The molecule has 0 bridgehead atoms. The fourth-order valence-electron chi connectivity index (χ4n) is 2.48. The number of halogens is 1. The summed E-state index contributed by atoms with van der Waals surface area (Å²) in [5.74, 6) is 0. The molecule has 0 aliphatic carbocycles. The zero-order valence-corrected chi connectivity index (χ0v) is 12.6. The maximum Gasteiger partial charge on any atom is 0.0896 e. The standard InChI is InChI=1S/C14H15BrN2S/c1-10-17-7-13(18-10)6-14(8-16-9-14)11-2-4-12(15)5-3-11/h2-5,7,16H,6,8-9H2,1H3. The first-order valence-corrected chi connectivity index (χ1v) is 7.67. The third kappa shape index (κ3) is 2.25. The van der Waals surface area contributed by atoms with Crippen molar-refractivity contribution >= 4 is 27.3 Å². The molecule has 0 amide bonds. The zero-order chi connectivity index (χ0) is 12.6. The molecule has 1 N–H and O–H groups in total. The van der Waals surface area contributed by atoms with Crippen molar-refractivity contribution in [3.63, 3.8) is 0 Å². The predicted molar refractivity (Wildman–Crippen MR) is 79.2 cm³/mol. The Bertz CT molecular complexity index is 543. The largest absolute Gasteiger partial charge is 0.315 e. The number of nitrogens with one attached hydrogen (secondary N) is 1. The maximum atomic E-state index is 4.36. The topological polar surface area (TPSA) is 24.9 Å². The Balaban J connectivity index is 1.88. The number of thiazole rings is 1. The van der Waals surface area contributed by atoms with Gasteiger partial charge in [0.1, 0.15) is 0 Å². The zero-order valence-electron chi connectivity index (χ0n) is 10.2. The highest BCUT2D eigenvalue weighted by Crippen LogP contribution is 2.34. The fourth-order valence-corrected chi connectivity index (χ4v) is 3.69. The molecule has 1 aliphatic rings. The van der Waals surface area contributed by atoms with Crippen LogP contribution >= 0.6 is 27.3 Å². The lowest BCUT2D eigenvalue weighted by Crippen LogP contribution is -2.58. The van der Waals surface area contributed by atoms with Crippen LogP contribution in [-0.2, 0) is 11.8 Å². The van der Waals surface area contributed by atoms with E-state index in [4.69, 9.17) is 0 Å². The van der Waals surface area contributed by atoms with Crippen molar-refractivity contribution in [3.05, 3.63) is 50.4 Å². The minimum atomic E-state index is 0.264. The van der Waals surface area contributed by atoms with Gasteiger partial charge < -0.3 is 5.32 Å². The van der Waals surface area contributed by atoms with Gasteiger partial charge in [-0.2, -0.15) is 0 Å². The molecule has 1 aliphatic heterocycles. The highest BCUT2D eigenvalue weighted by Gasteiger charge is 2.39. The van der Waals surface area contributed by atoms with Crippen LogP contribution in [0.1, 0.15) is 15.4 Å². The van der Waals surface area contributed by atoms with Crippen molar-refractivity contribution in [2.45, 2.75) is 18.8 Å². The molecule has 94 valence electrons. The molecule has 1 aromatic heterocycles. The van der Waals surface area contributed by atoms with Crippen molar-refractivity contribution in [3.8, 4) is 0 Å². The Hall–Kier alpha value is -0.710. The Morgan fingerprint density at radius 1 is 1.33 bits per heavy atom. The second-order valence-electron chi connectivity index (χ2n) is 4.91. The quantitative estimate of drug-likeness (QED) is 0.937. The summed E-state index contributed by atoms with van der Waals surface area (Å²) in [5.41, 5.74) is 1.69. The predicted octanol–water partition coefficient (Wildman–Crippen LogP) is 3.30. The van der Waals surface area contributed by atoms with Crippen molar-refractivity contribution < 1.29 is 0 Å². The minimum absolute atomic E-state index is 0.264. The number of nitrogens with zero attached hydrogens (tertiary/aromatic N) is 1. The van der Waals surface area contributed by atoms with Gasteiger partial charge in [0.15, 0.2) is 0 Å². The smallest absolute Gasteiger partial charge is 0.0896 e. The minimum Gasteiger partial charge on any atom is -0.315 e. The van der Waals surface area contributed by atoms with Crippen molar-refractivity contribution in [1.82, 2.24) is 10.3 Å². The van der Waals surface area contributed by atoms with Crippen LogP contribution in [0, 0.1) is 6.92 Å². The molecule has 2 heterocycles. The highest BCUT2D eigenvalue weighted by atomic mass is 79.9. The molecule has 0 saturated carbocycles. The second kappa shape index (κ2) is 4.76. The molecule has 0 unspecified atom stereocenters. The first kappa shape index (κ1) is 12.3. The van der Waals surface area contributed by atoms with Crippen LogP contribution in [0.4, 0.5) is 0 Å². The molecule has 1 aromatic carbocycles. The summed E-state index contributed by atoms with van der Waals surface area (Å²) in [6.07, 6.45) is 3.12. The van der Waals surface area contributed by atoms with Gasteiger partial charge in [0.2, 0.25) is 0 Å². The first-order valence-electron chi connectivity index (χ1n) is 6.06. The highest BCUT2D eigenvalue weighted by molar-refractivity contribution is 9.10. The summed E-state index contributed by atoms with van der Waals surface area (Å²) in [5, 5.41) is 4.57. The molecule has 0 radical (unpaired) electrons. The molecular weight excluding hydrogens is 308 g/mol. The lowest BCUT2D eigenvalue weighted by atomic mass is 9.72. The molecule has 3 rings (SSSR count). The van der Waals surface area contributed by atoms with E-state index in [9.17, 15) is 0 Å². The molecule has 0 spiro atoms. The van der Waals surface area contributed by atoms with E-state index in [1.165, 1.54) is 10.4 Å². The van der Waals surface area contributed by atoms with E-state index >= 15 is 0 Å². The Morgan fingerprint density at radius 3 is 2.56 bits per heavy atom. The van der Waals surface area contributed by atoms with Crippen LogP contribution in [0.15, 0.2) is 34.9 Å². The molecular formula is C14H15BrN2S. The third-order valence-corrected chi connectivity index (χ3v) is 5.01. The van der Waals surface area contributed by atoms with Gasteiger partial charge in [-0.25, -0.2) is 4.98 Å². The Morgan fingerprint density at radius 2 is 2.06 bits per heavy atom. The van der Waals surface area contributed by atoms with Crippen molar-refractivity contribution in [1.29, 1.82) is 0 Å². The third-order valence-electron chi connectivity index (χ3n) is 3.57. The van der Waals surface area contributed by atoms with Crippen molar-refractivity contribution in [2.24, 2.45) is 0 Å². The molecule has 2 aromatic rings. The summed E-state index contributed by atoms with van der Waals surface area (Å²) in [6.45, 7) is 4.19. The SMILES string of the molecule is Cc1ncc(CC2(c3ccc(Br)cc3)CNC2)s1. The van der Waals surface area contributed by atoms with E-state index in [0.717, 1.165) is 29.0 Å². The van der Waals surface area contributed by atoms with E-state index in [-0.39, 0.29) is 5.41 Å². The van der Waals surface area contributed by atoms with Crippen LogP contribution in [-0.4, -0.2) is 18.1 Å². The molecule has 1 fully saturated rings. The van der Waals surface area contributed by atoms with Gasteiger partial charge in [0.05, 0.1) is 5.01 Å². The average Bonchev–Trinajstić information content (AvgIpc) is 2.71. The van der Waals surface area contributed by atoms with Crippen LogP contribution in [0.25, 0.3) is 0 Å². The first-order chi connectivity index (χ1) is 8.68. The van der Waals surface area contributed by atoms with Crippen LogP contribution in [0.2, 0.25) is 0 Å². The molecule has 4 heteroatoms. The van der Waals surface area contributed by atoms with Gasteiger partial charge in [0.25, 0.3) is 0 Å². The average molecular weight is 323 g/mol. The molecule has 2 nitrogen and oxygen atoms in total. The van der Waals surface area contributed by atoms with Gasteiger partial charge in [-0.15, -0.1) is 11.3 Å². The Kier molecular flexibility index (Phi) is 3.26. The van der Waals surface area contributed by atoms with Gasteiger partial charge in [-0.1, -0.05) is 28.1 Å². The van der Waals surface area contributed by atoms with Gasteiger partial charge in [-0.05, 0) is 31.0 Å². The molecule has 0 atom stereocenters. The van der Waals surface area contributed by atoms with E-state index in [2.05, 4.69) is 57.4 Å². The summed E-state index contributed by atoms with van der Waals surface area (Å²) in [6, 6.07) is 8.73. The second-order valence-corrected chi connectivity index (χ2v) is 7.15. The van der Waals surface area contributed by atoms with Gasteiger partial charge in [-0.3, -0.25) is 0 Å². The number of hydrogen-bond acceptors (Lipinski definition) is 3. The Labute approximate surface area is 120 Å². The normalized spacial score (nSPS) is 17.4. The summed E-state index contributed by atoms with van der Waals surface area (Å²) in [7, 11) is 0. The van der Waals surface area contributed by atoms with Gasteiger partial charge in [0, 0.05) is 34.1 Å². The summed E-state index contributed by atoms with van der Waals surface area (Å²) >= 11 is 5.31. The number of aryl methyl sites for hydroxylation is 1. The lowest BCUT2D eigenvalue weighted by molar-refractivity contribution is 0.276. The van der Waals surface area contributed by atoms with Crippen LogP contribution in [0.3, 0.4) is 0 Å². The number of rotatable bonds is 3. The van der Waals surface area contributed by atoms with Gasteiger partial charge >= 0.3 is 0 Å². The fraction of sp³-hybridized carbons (Fsp3) is 0.357. The van der Waals surface area contributed by atoms with E-state index in [0.29, 0.717) is 0 Å². The monoisotopic (exact) mass is 322 g/mol. The van der Waals surface area contributed by atoms with Crippen LogP contribution < -0.4 is 5.32 Å². The van der Waals surface area contributed by atoms with E-state index in [1.807, 2.05) is 17.5 Å². The summed E-state index contributed by atoms with van der Waals surface area (Å²) < 4.78 is 1.14. The molecule has 18 heavy (non-hydrogen) atoms. The number of aromatic nitrogens is 1. The number of benzene rings is 1. The van der Waals surface area contributed by atoms with E-state index < -0.39 is 0 Å².